The summed E-state index contributed by atoms with van der Waals surface area (Å²) in [7, 11) is 2.26. The monoisotopic (exact) mass is 432 g/mol. The van der Waals surface area contributed by atoms with Gasteiger partial charge in [-0.2, -0.15) is 0 Å². The first-order chi connectivity index (χ1) is 13.6. The van der Waals surface area contributed by atoms with Gasteiger partial charge in [0.1, 0.15) is 0 Å². The Labute approximate surface area is 189 Å². The zero-order valence-corrected chi connectivity index (χ0v) is 21.1. The van der Waals surface area contributed by atoms with Crippen LogP contribution in [0.4, 0.5) is 0 Å². The molecular formula is C25H53ClN2O. The van der Waals surface area contributed by atoms with Crippen LogP contribution in [-0.4, -0.2) is 43.6 Å². The maximum absolute atomic E-state index is 11.9. The Kier molecular flexibility index (Phi) is 23.9. The molecule has 0 bridgehead atoms. The van der Waals surface area contributed by atoms with E-state index in [-0.39, 0.29) is 18.3 Å². The Balaban J connectivity index is 0. The Morgan fingerprint density at radius 1 is 0.655 bits per heavy atom. The van der Waals surface area contributed by atoms with Gasteiger partial charge in [0.2, 0.25) is 5.91 Å². The number of carbonyl (C=O) groups excluding carboxylic acids is 1. The van der Waals surface area contributed by atoms with Crippen LogP contribution in [0.1, 0.15) is 124 Å². The van der Waals surface area contributed by atoms with Gasteiger partial charge < -0.3 is 22.2 Å². The van der Waals surface area contributed by atoms with Crippen molar-refractivity contribution in [2.24, 2.45) is 0 Å². The molecule has 0 rings (SSSR count). The van der Waals surface area contributed by atoms with E-state index >= 15 is 0 Å². The predicted octanol–water partition coefficient (Wildman–Crippen LogP) is 3.85. The molecule has 0 aromatic rings. The van der Waals surface area contributed by atoms with Gasteiger partial charge in [0.25, 0.3) is 0 Å². The number of rotatable bonds is 21. The summed E-state index contributed by atoms with van der Waals surface area (Å²) in [5, 5.41) is 3.10. The molecular weight excluding hydrogens is 380 g/mol. The van der Waals surface area contributed by atoms with Crippen molar-refractivity contribution in [2.45, 2.75) is 124 Å². The lowest BCUT2D eigenvalue weighted by molar-refractivity contribution is -0.904. The minimum absolute atomic E-state index is 0. The first-order valence-electron chi connectivity index (χ1n) is 12.7. The molecule has 0 aliphatic carbocycles. The average molecular weight is 433 g/mol. The molecule has 0 spiro atoms. The van der Waals surface area contributed by atoms with Gasteiger partial charge in [0.05, 0.1) is 33.2 Å². The van der Waals surface area contributed by atoms with Crippen LogP contribution in [-0.2, 0) is 4.79 Å². The number of nitrogens with zero attached hydrogens (tertiary/aromatic N) is 1. The zero-order chi connectivity index (χ0) is 20.9. The van der Waals surface area contributed by atoms with Gasteiger partial charge in [-0.1, -0.05) is 96.8 Å². The van der Waals surface area contributed by atoms with Gasteiger partial charge in [-0.15, -0.1) is 0 Å². The number of nitrogens with one attached hydrogen (secondary N) is 1. The van der Waals surface area contributed by atoms with Gasteiger partial charge >= 0.3 is 0 Å². The first-order valence-corrected chi connectivity index (χ1v) is 12.7. The second-order valence-electron chi connectivity index (χ2n) is 9.03. The third kappa shape index (κ3) is 20.8. The number of amides is 1. The molecule has 0 saturated heterocycles. The van der Waals surface area contributed by atoms with Crippen molar-refractivity contribution in [1.82, 2.24) is 5.32 Å². The fourth-order valence-electron chi connectivity index (χ4n) is 3.75. The van der Waals surface area contributed by atoms with Gasteiger partial charge in [-0.25, -0.2) is 0 Å². The van der Waals surface area contributed by atoms with Crippen molar-refractivity contribution < 1.29 is 21.7 Å². The van der Waals surface area contributed by atoms with Gasteiger partial charge in [0.15, 0.2) is 0 Å². The third-order valence-corrected chi connectivity index (χ3v) is 6.51. The lowest BCUT2D eigenvalue weighted by Gasteiger charge is -2.32. The fourth-order valence-corrected chi connectivity index (χ4v) is 3.75. The number of likely N-dealkylation sites (N-methyl/N-ethyl adjacent to an activating group) is 1. The molecule has 1 N–H and O–H groups in total. The number of unbranched alkanes of at least 4 members (excludes halogenated alkanes) is 14. The largest absolute Gasteiger partial charge is 1.00 e. The highest BCUT2D eigenvalue weighted by Gasteiger charge is 2.15. The van der Waals surface area contributed by atoms with Gasteiger partial charge in [0, 0.05) is 6.42 Å². The molecule has 0 aromatic heterocycles. The lowest BCUT2D eigenvalue weighted by Crippen LogP contribution is -3.00. The normalized spacial score (nSPS) is 11.3. The molecule has 176 valence electrons. The molecule has 0 unspecified atom stereocenters. The van der Waals surface area contributed by atoms with E-state index in [1.807, 2.05) is 0 Å². The van der Waals surface area contributed by atoms with Crippen LogP contribution in [0.15, 0.2) is 0 Å². The van der Waals surface area contributed by atoms with Crippen LogP contribution < -0.4 is 17.7 Å². The molecule has 0 atom stereocenters. The van der Waals surface area contributed by atoms with Crippen molar-refractivity contribution in [3.63, 3.8) is 0 Å². The molecule has 0 aliphatic heterocycles. The number of halogens is 1. The first kappa shape index (κ1) is 30.9. The molecule has 0 heterocycles. The van der Waals surface area contributed by atoms with E-state index in [2.05, 4.69) is 33.1 Å². The predicted molar refractivity (Wildman–Crippen MR) is 125 cm³/mol. The topological polar surface area (TPSA) is 29.1 Å². The minimum atomic E-state index is 0. The van der Waals surface area contributed by atoms with E-state index < -0.39 is 0 Å². The van der Waals surface area contributed by atoms with Crippen molar-refractivity contribution in [3.05, 3.63) is 0 Å². The Morgan fingerprint density at radius 2 is 1.03 bits per heavy atom. The van der Waals surface area contributed by atoms with E-state index in [0.717, 1.165) is 37.1 Å². The Bertz CT molecular complexity index is 346. The number of carbonyl (C=O) groups is 1. The third-order valence-electron chi connectivity index (χ3n) is 6.51. The molecule has 29 heavy (non-hydrogen) atoms. The number of quaternary nitrogens is 1. The summed E-state index contributed by atoms with van der Waals surface area (Å²) in [6.45, 7) is 10.8. The molecule has 1 amide bonds. The van der Waals surface area contributed by atoms with E-state index in [0.29, 0.717) is 6.42 Å². The number of hydrogen-bond donors (Lipinski definition) is 1. The van der Waals surface area contributed by atoms with Crippen LogP contribution in [0, 0.1) is 0 Å². The van der Waals surface area contributed by atoms with Crippen molar-refractivity contribution in [2.75, 3.05) is 33.2 Å². The van der Waals surface area contributed by atoms with Crippen LogP contribution in [0.3, 0.4) is 0 Å². The summed E-state index contributed by atoms with van der Waals surface area (Å²) >= 11 is 0. The van der Waals surface area contributed by atoms with E-state index in [1.54, 1.807) is 0 Å². The summed E-state index contributed by atoms with van der Waals surface area (Å²) < 4.78 is 1.04. The zero-order valence-electron chi connectivity index (χ0n) is 20.4. The standard InChI is InChI=1S/C25H52N2O.ClH/c1-5-8-9-10-11-12-13-14-15-16-17-18-19-20-21-22-25(28)26-23-24-27(4,6-2)7-3;/h5-24H2,1-4H3;1H. The van der Waals surface area contributed by atoms with E-state index in [9.17, 15) is 4.79 Å². The van der Waals surface area contributed by atoms with Crippen molar-refractivity contribution in [3.8, 4) is 0 Å². The van der Waals surface area contributed by atoms with Gasteiger partial charge in [-0.05, 0) is 20.3 Å². The second kappa shape index (κ2) is 22.4. The van der Waals surface area contributed by atoms with Crippen molar-refractivity contribution in [1.29, 1.82) is 0 Å². The maximum Gasteiger partial charge on any atom is 0.220 e. The maximum atomic E-state index is 11.9. The molecule has 3 nitrogen and oxygen atoms in total. The smallest absolute Gasteiger partial charge is 0.220 e. The molecule has 0 saturated carbocycles. The summed E-state index contributed by atoms with van der Waals surface area (Å²) in [6.07, 6.45) is 21.2. The fraction of sp³-hybridized carbons (Fsp3) is 0.960. The second-order valence-corrected chi connectivity index (χ2v) is 9.03. The molecule has 0 aromatic carbocycles. The SMILES string of the molecule is CCCCCCCCCCCCCCCCCC(=O)NCC[N+](C)(CC)CC.[Cl-]. The van der Waals surface area contributed by atoms with Crippen LogP contribution in [0.2, 0.25) is 0 Å². The average Bonchev–Trinajstić information content (AvgIpc) is 2.70. The highest BCUT2D eigenvalue weighted by Crippen LogP contribution is 2.13. The van der Waals surface area contributed by atoms with Crippen LogP contribution in [0.25, 0.3) is 0 Å². The molecule has 0 aliphatic rings. The highest BCUT2D eigenvalue weighted by molar-refractivity contribution is 5.75. The highest BCUT2D eigenvalue weighted by atomic mass is 35.5. The van der Waals surface area contributed by atoms with Gasteiger partial charge in [-0.3, -0.25) is 4.79 Å². The number of hydrogen-bond acceptors (Lipinski definition) is 1. The minimum Gasteiger partial charge on any atom is -1.00 e. The Hall–Kier alpha value is -0.280. The lowest BCUT2D eigenvalue weighted by atomic mass is 10.0. The molecule has 0 radical (unpaired) electrons. The van der Waals surface area contributed by atoms with Crippen molar-refractivity contribution >= 4 is 5.91 Å². The summed E-state index contributed by atoms with van der Waals surface area (Å²) in [4.78, 5) is 11.9. The van der Waals surface area contributed by atoms with Crippen LogP contribution in [0.5, 0.6) is 0 Å². The summed E-state index contributed by atoms with van der Waals surface area (Å²) in [5.41, 5.74) is 0. The summed E-state index contributed by atoms with van der Waals surface area (Å²) in [6, 6.07) is 0. The molecule has 0 fully saturated rings. The quantitative estimate of drug-likeness (QED) is 0.216. The van der Waals surface area contributed by atoms with E-state index in [4.69, 9.17) is 0 Å². The molecule has 4 heteroatoms. The van der Waals surface area contributed by atoms with Crippen LogP contribution >= 0.6 is 0 Å². The van der Waals surface area contributed by atoms with E-state index in [1.165, 1.54) is 89.9 Å². The summed E-state index contributed by atoms with van der Waals surface area (Å²) in [5.74, 6) is 0.244. The Morgan fingerprint density at radius 3 is 1.41 bits per heavy atom.